The van der Waals surface area contributed by atoms with E-state index in [2.05, 4.69) is 15.8 Å². The first-order valence-corrected chi connectivity index (χ1v) is 13.3. The van der Waals surface area contributed by atoms with Gasteiger partial charge in [0.05, 0.1) is 12.8 Å². The molecule has 210 valence electrons. The molecule has 41 heavy (non-hydrogen) atoms. The van der Waals surface area contributed by atoms with Crippen LogP contribution in [0.4, 0.5) is 5.69 Å². The van der Waals surface area contributed by atoms with Crippen molar-refractivity contribution in [2.45, 2.75) is 20.5 Å². The maximum absolute atomic E-state index is 12.7. The molecular formula is C32H30ClN3O5. The Bertz CT molecular complexity index is 1510. The van der Waals surface area contributed by atoms with Crippen molar-refractivity contribution < 1.29 is 23.8 Å². The number of benzene rings is 4. The monoisotopic (exact) mass is 571 g/mol. The number of halogens is 1. The minimum Gasteiger partial charge on any atom is -0.490 e. The quantitative estimate of drug-likeness (QED) is 0.151. The molecule has 0 aromatic heterocycles. The second kappa shape index (κ2) is 14.5. The van der Waals surface area contributed by atoms with Crippen LogP contribution in [0.1, 0.15) is 34.0 Å². The lowest BCUT2D eigenvalue weighted by atomic mass is 10.2. The van der Waals surface area contributed by atoms with Gasteiger partial charge in [0.1, 0.15) is 12.4 Å². The second-order valence-electron chi connectivity index (χ2n) is 8.94. The van der Waals surface area contributed by atoms with Crippen LogP contribution in [-0.2, 0) is 11.4 Å². The van der Waals surface area contributed by atoms with Crippen molar-refractivity contribution >= 4 is 35.3 Å². The number of carbonyl (C=O) groups is 2. The molecule has 0 atom stereocenters. The van der Waals surface area contributed by atoms with Gasteiger partial charge in [0.2, 0.25) is 0 Å². The number of aryl methyl sites for hydroxylation is 1. The lowest BCUT2D eigenvalue weighted by Gasteiger charge is -2.13. The zero-order valence-electron chi connectivity index (χ0n) is 22.7. The van der Waals surface area contributed by atoms with Gasteiger partial charge < -0.3 is 19.5 Å². The molecule has 4 aromatic carbocycles. The van der Waals surface area contributed by atoms with E-state index in [9.17, 15) is 9.59 Å². The number of hydrazone groups is 1. The molecule has 8 nitrogen and oxygen atoms in total. The first kappa shape index (κ1) is 29.2. The molecule has 4 aromatic rings. The fourth-order valence-corrected chi connectivity index (χ4v) is 3.85. The molecule has 0 aliphatic carbocycles. The summed E-state index contributed by atoms with van der Waals surface area (Å²) in [6.45, 7) is 4.41. The topological polar surface area (TPSA) is 98.3 Å². The van der Waals surface area contributed by atoms with Crippen LogP contribution < -0.4 is 25.0 Å². The van der Waals surface area contributed by atoms with E-state index in [0.717, 1.165) is 16.7 Å². The van der Waals surface area contributed by atoms with Crippen molar-refractivity contribution in [2.75, 3.05) is 18.5 Å². The number of amides is 2. The highest BCUT2D eigenvalue weighted by Gasteiger charge is 2.12. The largest absolute Gasteiger partial charge is 0.490 e. The Morgan fingerprint density at radius 3 is 2.39 bits per heavy atom. The van der Waals surface area contributed by atoms with Crippen molar-refractivity contribution in [1.82, 2.24) is 5.43 Å². The summed E-state index contributed by atoms with van der Waals surface area (Å²) in [4.78, 5) is 24.8. The van der Waals surface area contributed by atoms with Crippen LogP contribution in [0.2, 0.25) is 5.02 Å². The molecule has 0 aliphatic heterocycles. The number of nitrogens with zero attached hydrogens (tertiary/aromatic N) is 1. The molecule has 2 N–H and O–H groups in total. The SMILES string of the molecule is CCOc1cc(C(=O)N/N=C/c2ccc(OCC(=O)Nc3ccc(C)c(Cl)c3)cc2)ccc1OCc1ccccc1. The van der Waals surface area contributed by atoms with Gasteiger partial charge in [-0.3, -0.25) is 9.59 Å². The lowest BCUT2D eigenvalue weighted by molar-refractivity contribution is -0.118. The van der Waals surface area contributed by atoms with Crippen molar-refractivity contribution in [3.63, 3.8) is 0 Å². The van der Waals surface area contributed by atoms with Gasteiger partial charge in [-0.15, -0.1) is 0 Å². The van der Waals surface area contributed by atoms with Crippen LogP contribution in [-0.4, -0.2) is 31.2 Å². The number of hydrogen-bond acceptors (Lipinski definition) is 6. The summed E-state index contributed by atoms with van der Waals surface area (Å²) in [5.41, 5.74) is 6.19. The Labute approximate surface area is 243 Å². The molecule has 0 heterocycles. The van der Waals surface area contributed by atoms with E-state index >= 15 is 0 Å². The number of anilines is 1. The summed E-state index contributed by atoms with van der Waals surface area (Å²) in [6, 6.07) is 27.0. The Hall–Kier alpha value is -4.82. The van der Waals surface area contributed by atoms with Gasteiger partial charge in [-0.25, -0.2) is 5.43 Å². The molecule has 0 radical (unpaired) electrons. The number of rotatable bonds is 12. The molecule has 0 saturated carbocycles. The Morgan fingerprint density at radius 2 is 1.66 bits per heavy atom. The third kappa shape index (κ3) is 8.84. The molecule has 4 rings (SSSR count). The molecule has 0 fully saturated rings. The summed E-state index contributed by atoms with van der Waals surface area (Å²) in [6.07, 6.45) is 1.51. The van der Waals surface area contributed by atoms with Gasteiger partial charge in [-0.2, -0.15) is 5.10 Å². The molecule has 9 heteroatoms. The smallest absolute Gasteiger partial charge is 0.271 e. The predicted octanol–water partition coefficient (Wildman–Crippen LogP) is 6.41. The Morgan fingerprint density at radius 1 is 0.878 bits per heavy atom. The van der Waals surface area contributed by atoms with E-state index < -0.39 is 5.91 Å². The zero-order chi connectivity index (χ0) is 29.0. The summed E-state index contributed by atoms with van der Waals surface area (Å²) in [5.74, 6) is 0.850. The van der Waals surface area contributed by atoms with Crippen molar-refractivity contribution in [1.29, 1.82) is 0 Å². The van der Waals surface area contributed by atoms with Gasteiger partial charge >= 0.3 is 0 Å². The van der Waals surface area contributed by atoms with Crippen LogP contribution in [0.3, 0.4) is 0 Å². The maximum Gasteiger partial charge on any atom is 0.271 e. The van der Waals surface area contributed by atoms with E-state index in [-0.39, 0.29) is 12.5 Å². The van der Waals surface area contributed by atoms with Crippen molar-refractivity contribution in [3.05, 3.63) is 118 Å². The van der Waals surface area contributed by atoms with Crippen LogP contribution in [0.15, 0.2) is 96.1 Å². The van der Waals surface area contributed by atoms with Gasteiger partial charge in [-0.1, -0.05) is 48.0 Å². The Balaban J connectivity index is 1.27. The number of hydrogen-bond donors (Lipinski definition) is 2. The average Bonchev–Trinajstić information content (AvgIpc) is 2.98. The normalized spacial score (nSPS) is 10.7. The molecule has 0 spiro atoms. The zero-order valence-corrected chi connectivity index (χ0v) is 23.5. The fraction of sp³-hybridized carbons (Fsp3) is 0.156. The minimum absolute atomic E-state index is 0.158. The standard InChI is InChI=1S/C32H30ClN3O5/c1-3-39-30-17-25(12-16-29(30)41-20-24-7-5-4-6-8-24)32(38)36-34-19-23-10-14-27(15-11-23)40-21-31(37)35-26-13-9-22(2)28(33)18-26/h4-19H,3,20-21H2,1-2H3,(H,35,37)(H,36,38)/b34-19+. The highest BCUT2D eigenvalue weighted by molar-refractivity contribution is 6.31. The summed E-state index contributed by atoms with van der Waals surface area (Å²) < 4.78 is 17.1. The lowest BCUT2D eigenvalue weighted by Crippen LogP contribution is -2.20. The molecular weight excluding hydrogens is 542 g/mol. The van der Waals surface area contributed by atoms with Gasteiger partial charge in [-0.05, 0) is 85.1 Å². The Kier molecular flexibility index (Phi) is 10.3. The first-order chi connectivity index (χ1) is 19.9. The summed E-state index contributed by atoms with van der Waals surface area (Å²) in [5, 5.41) is 7.37. The van der Waals surface area contributed by atoms with E-state index in [1.807, 2.05) is 50.2 Å². The molecule has 0 aliphatic rings. The number of ether oxygens (including phenoxy) is 3. The predicted molar refractivity (Wildman–Crippen MR) is 160 cm³/mol. The number of carbonyl (C=O) groups excluding carboxylic acids is 2. The molecule has 0 saturated heterocycles. The molecule has 0 unspecified atom stereocenters. The molecule has 2 amide bonds. The van der Waals surface area contributed by atoms with Gasteiger partial charge in [0.25, 0.3) is 11.8 Å². The number of nitrogens with one attached hydrogen (secondary N) is 2. The van der Waals surface area contributed by atoms with E-state index in [1.165, 1.54) is 6.21 Å². The first-order valence-electron chi connectivity index (χ1n) is 13.0. The van der Waals surface area contributed by atoms with E-state index in [4.69, 9.17) is 25.8 Å². The maximum atomic E-state index is 12.7. The van der Waals surface area contributed by atoms with Crippen LogP contribution >= 0.6 is 11.6 Å². The van der Waals surface area contributed by atoms with Crippen LogP contribution in [0, 0.1) is 6.92 Å². The highest BCUT2D eigenvalue weighted by Crippen LogP contribution is 2.29. The van der Waals surface area contributed by atoms with Gasteiger partial charge in [0.15, 0.2) is 18.1 Å². The van der Waals surface area contributed by atoms with E-state index in [1.54, 1.807) is 54.6 Å². The van der Waals surface area contributed by atoms with Crippen molar-refractivity contribution in [3.8, 4) is 17.2 Å². The van der Waals surface area contributed by atoms with Crippen LogP contribution in [0.25, 0.3) is 0 Å². The minimum atomic E-state index is -0.391. The summed E-state index contributed by atoms with van der Waals surface area (Å²) in [7, 11) is 0. The van der Waals surface area contributed by atoms with Gasteiger partial charge in [0, 0.05) is 16.3 Å². The van der Waals surface area contributed by atoms with E-state index in [0.29, 0.717) is 46.7 Å². The summed E-state index contributed by atoms with van der Waals surface area (Å²) >= 11 is 6.10. The molecule has 0 bridgehead atoms. The fourth-order valence-electron chi connectivity index (χ4n) is 3.67. The third-order valence-electron chi connectivity index (χ3n) is 5.83. The van der Waals surface area contributed by atoms with Crippen molar-refractivity contribution in [2.24, 2.45) is 5.10 Å². The highest BCUT2D eigenvalue weighted by atomic mass is 35.5. The third-order valence-corrected chi connectivity index (χ3v) is 6.24. The second-order valence-corrected chi connectivity index (χ2v) is 9.34. The average molecular weight is 572 g/mol. The van der Waals surface area contributed by atoms with Crippen LogP contribution in [0.5, 0.6) is 17.2 Å².